The molecule has 0 saturated heterocycles. The van der Waals surface area contributed by atoms with Crippen LogP contribution in [0.4, 0.5) is 0 Å². The van der Waals surface area contributed by atoms with Gasteiger partial charge in [-0.2, -0.15) is 5.10 Å². The maximum absolute atomic E-state index is 12.1. The Kier molecular flexibility index (Phi) is 8.59. The number of nitrogens with one attached hydrogen (secondary N) is 1. The molecule has 0 aliphatic heterocycles. The number of hydrazone groups is 1. The minimum absolute atomic E-state index is 0.0425. The first-order valence-corrected chi connectivity index (χ1v) is 12.2. The van der Waals surface area contributed by atoms with Crippen molar-refractivity contribution < 1.29 is 14.6 Å². The molecule has 11 heteroatoms. The first-order valence-electron chi connectivity index (χ1n) is 8.99. The molecule has 0 unspecified atom stereocenters. The summed E-state index contributed by atoms with van der Waals surface area (Å²) in [4.78, 5) is 12.1. The number of hydrogen-bond acceptors (Lipinski definition) is 9. The normalized spacial score (nSPS) is 11.4. The molecule has 162 valence electrons. The fraction of sp³-hybridized carbons (Fsp3) is 0.200. The van der Waals surface area contributed by atoms with E-state index >= 15 is 0 Å². The van der Waals surface area contributed by atoms with Crippen molar-refractivity contribution in [2.24, 2.45) is 5.10 Å². The summed E-state index contributed by atoms with van der Waals surface area (Å²) in [5, 5.41) is 22.8. The van der Waals surface area contributed by atoms with E-state index in [4.69, 9.17) is 16.3 Å². The molecule has 1 aromatic heterocycles. The summed E-state index contributed by atoms with van der Waals surface area (Å²) >= 11 is 10.5. The lowest BCUT2D eigenvalue weighted by Crippen LogP contribution is -2.21. The van der Waals surface area contributed by atoms with Crippen LogP contribution in [0, 0.1) is 0 Å². The number of amides is 1. The van der Waals surface area contributed by atoms with Gasteiger partial charge in [-0.15, -0.1) is 10.2 Å². The number of aromatic nitrogens is 2. The van der Waals surface area contributed by atoms with Crippen molar-refractivity contribution in [3.63, 3.8) is 0 Å². The van der Waals surface area contributed by atoms with Crippen LogP contribution in [0.15, 0.2) is 56.2 Å². The summed E-state index contributed by atoms with van der Waals surface area (Å²) in [7, 11) is 1.47. The van der Waals surface area contributed by atoms with Crippen molar-refractivity contribution in [3.8, 4) is 11.5 Å². The molecular weight excluding hydrogens is 476 g/mol. The number of carbonyl (C=O) groups excluding carboxylic acids is 1. The number of thioether (sulfide) groups is 2. The fourth-order valence-electron chi connectivity index (χ4n) is 2.34. The van der Waals surface area contributed by atoms with Crippen molar-refractivity contribution in [2.45, 2.75) is 21.4 Å². The number of phenolic OH excluding ortho intramolecular Hbond substituents is 1. The van der Waals surface area contributed by atoms with E-state index < -0.39 is 0 Å². The van der Waals surface area contributed by atoms with Gasteiger partial charge in [0.15, 0.2) is 20.2 Å². The second-order valence-corrected chi connectivity index (χ2v) is 9.95. The number of carbonyl (C=O) groups is 1. The van der Waals surface area contributed by atoms with Crippen LogP contribution >= 0.6 is 46.5 Å². The minimum atomic E-state index is -0.254. The van der Waals surface area contributed by atoms with Gasteiger partial charge in [0.25, 0.3) is 5.91 Å². The van der Waals surface area contributed by atoms with Crippen molar-refractivity contribution in [2.75, 3.05) is 12.9 Å². The molecular formula is C20H19ClN4O3S3. The number of aromatic hydroxyl groups is 1. The van der Waals surface area contributed by atoms with E-state index in [0.29, 0.717) is 21.6 Å². The summed E-state index contributed by atoms with van der Waals surface area (Å²) < 4.78 is 6.61. The van der Waals surface area contributed by atoms with Crippen LogP contribution in [0.2, 0.25) is 5.02 Å². The smallest absolute Gasteiger partial charge is 0.250 e. The van der Waals surface area contributed by atoms with Crippen molar-refractivity contribution in [3.05, 3.63) is 58.6 Å². The molecule has 1 amide bonds. The third kappa shape index (κ3) is 6.86. The lowest BCUT2D eigenvalue weighted by molar-refractivity contribution is -0.118. The summed E-state index contributed by atoms with van der Waals surface area (Å²) in [6, 6.07) is 12.5. The highest BCUT2D eigenvalue weighted by molar-refractivity contribution is 8.03. The molecule has 7 nitrogen and oxygen atoms in total. The van der Waals surface area contributed by atoms with Gasteiger partial charge >= 0.3 is 0 Å². The number of phenols is 1. The maximum Gasteiger partial charge on any atom is 0.250 e. The Morgan fingerprint density at radius 2 is 1.97 bits per heavy atom. The summed E-state index contributed by atoms with van der Waals surface area (Å²) in [6.07, 6.45) is 0. The van der Waals surface area contributed by atoms with E-state index in [1.807, 2.05) is 24.3 Å². The van der Waals surface area contributed by atoms with Gasteiger partial charge in [-0.25, -0.2) is 5.43 Å². The molecule has 0 aliphatic rings. The Morgan fingerprint density at radius 3 is 2.71 bits per heavy atom. The fourth-order valence-corrected chi connectivity index (χ4v) is 5.44. The van der Waals surface area contributed by atoms with Gasteiger partial charge in [0.05, 0.1) is 18.6 Å². The van der Waals surface area contributed by atoms with E-state index in [1.165, 1.54) is 36.3 Å². The standard InChI is InChI=1S/C20H19ClN4O3S3/c1-12(13-7-8-16(26)17(9-13)28-2)22-23-18(27)11-30-20-25-24-19(31-20)29-10-14-5-3-4-6-15(14)21/h3-9,26H,10-11H2,1-2H3,(H,23,27)/b22-12-. The molecule has 2 N–H and O–H groups in total. The van der Waals surface area contributed by atoms with Crippen LogP contribution in [0.5, 0.6) is 11.5 Å². The lowest BCUT2D eigenvalue weighted by atomic mass is 10.1. The number of benzene rings is 2. The van der Waals surface area contributed by atoms with Crippen molar-refractivity contribution >= 4 is 58.1 Å². The quantitative estimate of drug-likeness (QED) is 0.250. The van der Waals surface area contributed by atoms with E-state index in [9.17, 15) is 9.90 Å². The molecule has 0 saturated carbocycles. The molecule has 0 spiro atoms. The first kappa shape index (κ1) is 23.4. The molecule has 3 rings (SSSR count). The molecule has 0 radical (unpaired) electrons. The molecule has 31 heavy (non-hydrogen) atoms. The predicted octanol–water partition coefficient (Wildman–Crippen LogP) is 4.83. The lowest BCUT2D eigenvalue weighted by Gasteiger charge is -2.06. The highest BCUT2D eigenvalue weighted by Gasteiger charge is 2.10. The van der Waals surface area contributed by atoms with Gasteiger partial charge in [0, 0.05) is 16.3 Å². The Hall–Kier alpha value is -2.27. The van der Waals surface area contributed by atoms with Crippen LogP contribution in [0.1, 0.15) is 18.1 Å². The van der Waals surface area contributed by atoms with E-state index in [-0.39, 0.29) is 17.4 Å². The second kappa shape index (κ2) is 11.4. The average molecular weight is 495 g/mol. The Morgan fingerprint density at radius 1 is 1.23 bits per heavy atom. The van der Waals surface area contributed by atoms with Crippen LogP contribution < -0.4 is 10.2 Å². The maximum atomic E-state index is 12.1. The Bertz CT molecular complexity index is 1090. The molecule has 0 aliphatic carbocycles. The van der Waals surface area contributed by atoms with Crippen LogP contribution in [-0.2, 0) is 10.5 Å². The Labute approximate surface area is 197 Å². The molecule has 3 aromatic rings. The average Bonchev–Trinajstić information content (AvgIpc) is 3.23. The number of halogens is 1. The second-order valence-electron chi connectivity index (χ2n) is 6.12. The number of ether oxygens (including phenoxy) is 1. The zero-order valence-electron chi connectivity index (χ0n) is 16.7. The van der Waals surface area contributed by atoms with Gasteiger partial charge in [-0.05, 0) is 36.8 Å². The highest BCUT2D eigenvalue weighted by Crippen LogP contribution is 2.32. The van der Waals surface area contributed by atoms with E-state index in [2.05, 4.69) is 20.7 Å². The largest absolute Gasteiger partial charge is 0.504 e. The Balaban J connectivity index is 1.47. The topological polar surface area (TPSA) is 96.7 Å². The number of rotatable bonds is 9. The zero-order chi connectivity index (χ0) is 22.2. The molecule has 2 aromatic carbocycles. The molecule has 0 atom stereocenters. The van der Waals surface area contributed by atoms with Gasteiger partial charge in [-0.3, -0.25) is 4.79 Å². The third-order valence-corrected chi connectivity index (χ3v) is 7.58. The van der Waals surface area contributed by atoms with Gasteiger partial charge in [0.1, 0.15) is 0 Å². The SMILES string of the molecule is COc1cc(/C(C)=N\NC(=O)CSc2nnc(SCc3ccccc3Cl)s2)ccc1O. The van der Waals surface area contributed by atoms with Crippen LogP contribution in [0.25, 0.3) is 0 Å². The predicted molar refractivity (Wildman–Crippen MR) is 127 cm³/mol. The van der Waals surface area contributed by atoms with Crippen LogP contribution in [0.3, 0.4) is 0 Å². The van der Waals surface area contributed by atoms with E-state index in [0.717, 1.165) is 20.5 Å². The highest BCUT2D eigenvalue weighted by atomic mass is 35.5. The number of methoxy groups -OCH3 is 1. The number of hydrogen-bond donors (Lipinski definition) is 2. The molecule has 1 heterocycles. The summed E-state index contributed by atoms with van der Waals surface area (Å²) in [5.74, 6) is 1.000. The van der Waals surface area contributed by atoms with Gasteiger partial charge in [0.2, 0.25) is 0 Å². The van der Waals surface area contributed by atoms with E-state index in [1.54, 1.807) is 30.8 Å². The third-order valence-electron chi connectivity index (χ3n) is 3.97. The molecule has 0 fully saturated rings. The van der Waals surface area contributed by atoms with Crippen molar-refractivity contribution in [1.82, 2.24) is 15.6 Å². The van der Waals surface area contributed by atoms with Gasteiger partial charge < -0.3 is 9.84 Å². The van der Waals surface area contributed by atoms with Gasteiger partial charge in [-0.1, -0.05) is 64.7 Å². The van der Waals surface area contributed by atoms with Crippen LogP contribution in [-0.4, -0.2) is 39.8 Å². The number of nitrogens with zero attached hydrogens (tertiary/aromatic N) is 3. The molecule has 0 bridgehead atoms. The van der Waals surface area contributed by atoms with Crippen molar-refractivity contribution in [1.29, 1.82) is 0 Å². The zero-order valence-corrected chi connectivity index (χ0v) is 19.9. The summed E-state index contributed by atoms with van der Waals surface area (Å²) in [5.41, 5.74) is 4.88. The first-order chi connectivity index (χ1) is 15.0. The summed E-state index contributed by atoms with van der Waals surface area (Å²) in [6.45, 7) is 1.76. The monoisotopic (exact) mass is 494 g/mol. The minimum Gasteiger partial charge on any atom is -0.504 e.